The van der Waals surface area contributed by atoms with E-state index >= 15 is 0 Å². The Kier molecular flexibility index (Phi) is 2.65. The van der Waals surface area contributed by atoms with E-state index < -0.39 is 0 Å². The third kappa shape index (κ3) is 2.01. The molecule has 9 heavy (non-hydrogen) atoms. The fraction of sp³-hybridized carbons (Fsp3) is 0.500. The van der Waals surface area contributed by atoms with E-state index in [0.29, 0.717) is 20.4 Å². The molecule has 0 amide bonds. The average molecular weight is 223 g/mol. The van der Waals surface area contributed by atoms with Crippen molar-refractivity contribution in [2.24, 2.45) is 0 Å². The SMILES string of the molecule is CC(C)c1c[se]c(=S)s1. The normalized spacial score (nSPS) is 10.6. The molecule has 0 aliphatic heterocycles. The summed E-state index contributed by atoms with van der Waals surface area (Å²) in [6, 6.07) is 0. The van der Waals surface area contributed by atoms with Crippen molar-refractivity contribution >= 4 is 38.1 Å². The second-order valence-electron chi connectivity index (χ2n) is 2.14. The molecule has 1 rings (SSSR count). The summed E-state index contributed by atoms with van der Waals surface area (Å²) in [4.78, 5) is 3.77. The van der Waals surface area contributed by atoms with Crippen LogP contribution in [0.4, 0.5) is 0 Å². The van der Waals surface area contributed by atoms with E-state index in [2.05, 4.69) is 18.8 Å². The van der Waals surface area contributed by atoms with Gasteiger partial charge < -0.3 is 0 Å². The molecule has 0 spiro atoms. The van der Waals surface area contributed by atoms with E-state index in [1.54, 1.807) is 11.3 Å². The zero-order chi connectivity index (χ0) is 6.85. The van der Waals surface area contributed by atoms with Gasteiger partial charge in [-0.2, -0.15) is 0 Å². The maximum absolute atomic E-state index is 5.05. The number of hydrogen-bond acceptors (Lipinski definition) is 2. The van der Waals surface area contributed by atoms with Crippen molar-refractivity contribution in [3.05, 3.63) is 12.5 Å². The molecular formula is C6H8S2Se. The van der Waals surface area contributed by atoms with E-state index in [-0.39, 0.29) is 0 Å². The Balaban J connectivity index is 2.98. The molecule has 0 aliphatic carbocycles. The minimum atomic E-state index is 0.513. The second-order valence-corrected chi connectivity index (χ2v) is 6.91. The van der Waals surface area contributed by atoms with Crippen LogP contribution in [-0.4, -0.2) is 14.5 Å². The molecule has 0 saturated heterocycles. The van der Waals surface area contributed by atoms with Crippen LogP contribution in [0.25, 0.3) is 0 Å². The Labute approximate surface area is 70.3 Å². The second kappa shape index (κ2) is 3.11. The standard InChI is InChI=1S/C6H8S2Se/c1-4(2)5-3-9-6(7)8-5/h3-4H,1-2H3. The van der Waals surface area contributed by atoms with Crippen molar-refractivity contribution in [1.82, 2.24) is 0 Å². The first kappa shape index (κ1) is 7.67. The average Bonchev–Trinajstić information content (AvgIpc) is 2.14. The fourth-order valence-electron chi connectivity index (χ4n) is 0.504. The summed E-state index contributed by atoms with van der Waals surface area (Å²) in [7, 11) is 0. The van der Waals surface area contributed by atoms with Crippen LogP contribution in [0.5, 0.6) is 0 Å². The van der Waals surface area contributed by atoms with Gasteiger partial charge in [0.15, 0.2) is 0 Å². The zero-order valence-electron chi connectivity index (χ0n) is 5.38. The topological polar surface area (TPSA) is 0 Å². The zero-order valence-corrected chi connectivity index (χ0v) is 8.73. The van der Waals surface area contributed by atoms with E-state index in [9.17, 15) is 0 Å². The van der Waals surface area contributed by atoms with Gasteiger partial charge in [-0.05, 0) is 0 Å². The molecule has 1 aromatic heterocycles. The van der Waals surface area contributed by atoms with Crippen molar-refractivity contribution in [3.8, 4) is 0 Å². The molecule has 1 aromatic rings. The van der Waals surface area contributed by atoms with Gasteiger partial charge in [-0.3, -0.25) is 0 Å². The van der Waals surface area contributed by atoms with Crippen molar-refractivity contribution in [3.63, 3.8) is 0 Å². The third-order valence-electron chi connectivity index (χ3n) is 1.04. The van der Waals surface area contributed by atoms with Gasteiger partial charge in [-0.15, -0.1) is 0 Å². The summed E-state index contributed by atoms with van der Waals surface area (Å²) in [6.07, 6.45) is 0. The number of rotatable bonds is 1. The summed E-state index contributed by atoms with van der Waals surface area (Å²) in [5.74, 6) is 0.678. The van der Waals surface area contributed by atoms with Gasteiger partial charge >= 0.3 is 70.3 Å². The third-order valence-corrected chi connectivity index (χ3v) is 5.33. The van der Waals surface area contributed by atoms with Gasteiger partial charge in [-0.25, -0.2) is 0 Å². The molecule has 0 nitrogen and oxygen atoms in total. The van der Waals surface area contributed by atoms with E-state index in [0.717, 1.165) is 0 Å². The Bertz CT molecular complexity index is 233. The summed E-state index contributed by atoms with van der Waals surface area (Å²) in [5, 5.41) is 0. The van der Waals surface area contributed by atoms with Crippen LogP contribution in [0, 0.1) is 2.70 Å². The summed E-state index contributed by atoms with van der Waals surface area (Å²) in [5.41, 5.74) is 0. The molecule has 50 valence electrons. The van der Waals surface area contributed by atoms with E-state index in [4.69, 9.17) is 12.2 Å². The molecule has 0 aliphatic rings. The van der Waals surface area contributed by atoms with Crippen molar-refractivity contribution in [1.29, 1.82) is 0 Å². The van der Waals surface area contributed by atoms with Crippen LogP contribution in [0.15, 0.2) is 4.94 Å². The molecule has 0 radical (unpaired) electrons. The van der Waals surface area contributed by atoms with Crippen LogP contribution >= 0.6 is 23.6 Å². The van der Waals surface area contributed by atoms with Crippen LogP contribution in [0.2, 0.25) is 0 Å². The van der Waals surface area contributed by atoms with E-state index in [1.807, 2.05) is 0 Å². The number of hydrogen-bond donors (Lipinski definition) is 0. The van der Waals surface area contributed by atoms with Crippen LogP contribution < -0.4 is 0 Å². The Morgan fingerprint density at radius 1 is 1.67 bits per heavy atom. The minimum absolute atomic E-state index is 0.513. The van der Waals surface area contributed by atoms with Crippen LogP contribution in [0.3, 0.4) is 0 Å². The molecule has 0 unspecified atom stereocenters. The molecular weight excluding hydrogens is 215 g/mol. The Morgan fingerprint density at radius 3 is 2.56 bits per heavy atom. The first-order valence-electron chi connectivity index (χ1n) is 2.78. The van der Waals surface area contributed by atoms with E-state index in [1.165, 1.54) is 7.57 Å². The van der Waals surface area contributed by atoms with Gasteiger partial charge in [0, 0.05) is 0 Å². The first-order valence-corrected chi connectivity index (χ1v) is 5.85. The Hall–Kier alpha value is 0.569. The molecule has 0 aromatic carbocycles. The molecule has 0 saturated carbocycles. The van der Waals surface area contributed by atoms with Crippen LogP contribution in [-0.2, 0) is 0 Å². The molecule has 0 bridgehead atoms. The molecule has 0 fully saturated rings. The predicted octanol–water partition coefficient (Wildman–Crippen LogP) is 2.66. The van der Waals surface area contributed by atoms with Gasteiger partial charge in [0.25, 0.3) is 0 Å². The van der Waals surface area contributed by atoms with Crippen molar-refractivity contribution in [2.75, 3.05) is 0 Å². The molecule has 3 heteroatoms. The quantitative estimate of drug-likeness (QED) is 0.521. The Morgan fingerprint density at radius 2 is 2.33 bits per heavy atom. The molecule has 0 N–H and O–H groups in total. The van der Waals surface area contributed by atoms with Gasteiger partial charge in [-0.1, -0.05) is 0 Å². The van der Waals surface area contributed by atoms with Crippen molar-refractivity contribution < 1.29 is 0 Å². The predicted molar refractivity (Wildman–Crippen MR) is 46.2 cm³/mol. The molecule has 0 atom stereocenters. The van der Waals surface area contributed by atoms with Gasteiger partial charge in [0.1, 0.15) is 0 Å². The van der Waals surface area contributed by atoms with Gasteiger partial charge in [0.2, 0.25) is 0 Å². The summed E-state index contributed by atoms with van der Waals surface area (Å²) >= 11 is 7.36. The monoisotopic (exact) mass is 224 g/mol. The summed E-state index contributed by atoms with van der Waals surface area (Å²) < 4.78 is 1.19. The maximum atomic E-state index is 5.05. The van der Waals surface area contributed by atoms with Gasteiger partial charge in [0.05, 0.1) is 0 Å². The molecule has 1 heterocycles. The van der Waals surface area contributed by atoms with Crippen LogP contribution in [0.1, 0.15) is 24.6 Å². The first-order chi connectivity index (χ1) is 4.20. The fourth-order valence-corrected chi connectivity index (χ4v) is 4.30. The van der Waals surface area contributed by atoms with Crippen molar-refractivity contribution in [2.45, 2.75) is 19.8 Å². The summed E-state index contributed by atoms with van der Waals surface area (Å²) in [6.45, 7) is 4.42.